The zero-order valence-corrected chi connectivity index (χ0v) is 16.9. The van der Waals surface area contributed by atoms with Gasteiger partial charge in [-0.15, -0.1) is 0 Å². The normalized spacial score (nSPS) is 12.6. The molecule has 148 valence electrons. The van der Waals surface area contributed by atoms with E-state index in [-0.39, 0.29) is 17.9 Å². The van der Waals surface area contributed by atoms with E-state index in [2.05, 4.69) is 10.6 Å². The van der Waals surface area contributed by atoms with Crippen LogP contribution in [0.4, 0.5) is 0 Å². The van der Waals surface area contributed by atoms with Crippen molar-refractivity contribution in [1.82, 2.24) is 10.6 Å². The van der Waals surface area contributed by atoms with Gasteiger partial charge < -0.3 is 10.6 Å². The van der Waals surface area contributed by atoms with Crippen molar-refractivity contribution in [2.45, 2.75) is 25.4 Å². The topological polar surface area (TPSA) is 58.2 Å². The van der Waals surface area contributed by atoms with E-state index in [1.165, 1.54) is 0 Å². The van der Waals surface area contributed by atoms with Gasteiger partial charge in [0.05, 0.1) is 6.04 Å². The Hall–Kier alpha value is -3.11. The highest BCUT2D eigenvalue weighted by Gasteiger charge is 2.23. The van der Waals surface area contributed by atoms with Crippen molar-refractivity contribution in [3.05, 3.63) is 107 Å². The average molecular weight is 407 g/mol. The van der Waals surface area contributed by atoms with E-state index in [0.717, 1.165) is 11.1 Å². The third kappa shape index (κ3) is 5.93. The summed E-state index contributed by atoms with van der Waals surface area (Å²) in [7, 11) is 0. The molecule has 2 amide bonds. The van der Waals surface area contributed by atoms with Crippen LogP contribution >= 0.6 is 11.6 Å². The fourth-order valence-electron chi connectivity index (χ4n) is 3.04. The monoisotopic (exact) mass is 406 g/mol. The van der Waals surface area contributed by atoms with Crippen molar-refractivity contribution in [1.29, 1.82) is 0 Å². The van der Waals surface area contributed by atoms with Crippen LogP contribution in [0.25, 0.3) is 0 Å². The van der Waals surface area contributed by atoms with Gasteiger partial charge in [-0.2, -0.15) is 0 Å². The zero-order valence-electron chi connectivity index (χ0n) is 16.1. The van der Waals surface area contributed by atoms with Crippen LogP contribution in [0.1, 0.15) is 34.5 Å². The van der Waals surface area contributed by atoms with Gasteiger partial charge in [-0.05, 0) is 42.3 Å². The average Bonchev–Trinajstić information content (AvgIpc) is 2.75. The van der Waals surface area contributed by atoms with Crippen molar-refractivity contribution in [2.75, 3.05) is 0 Å². The molecule has 0 bridgehead atoms. The second-order valence-electron chi connectivity index (χ2n) is 6.86. The highest BCUT2D eigenvalue weighted by molar-refractivity contribution is 6.30. The molecule has 29 heavy (non-hydrogen) atoms. The number of benzene rings is 3. The van der Waals surface area contributed by atoms with E-state index < -0.39 is 6.04 Å². The van der Waals surface area contributed by atoms with Crippen molar-refractivity contribution in [3.63, 3.8) is 0 Å². The number of carbonyl (C=O) groups is 2. The first-order chi connectivity index (χ1) is 14.0. The molecule has 3 rings (SSSR count). The summed E-state index contributed by atoms with van der Waals surface area (Å²) in [5, 5.41) is 6.42. The quantitative estimate of drug-likeness (QED) is 0.604. The number of nitrogens with one attached hydrogen (secondary N) is 2. The van der Waals surface area contributed by atoms with E-state index in [1.807, 2.05) is 67.6 Å². The van der Waals surface area contributed by atoms with Crippen LogP contribution in [0.5, 0.6) is 0 Å². The lowest BCUT2D eigenvalue weighted by Gasteiger charge is -2.22. The predicted octanol–water partition coefficient (Wildman–Crippen LogP) is 4.56. The Morgan fingerprint density at radius 1 is 0.828 bits per heavy atom. The lowest BCUT2D eigenvalue weighted by atomic mass is 10.0. The maximum Gasteiger partial charge on any atom is 0.251 e. The molecule has 0 heterocycles. The Morgan fingerprint density at radius 2 is 1.41 bits per heavy atom. The number of carbonyl (C=O) groups excluding carboxylic acids is 2. The van der Waals surface area contributed by atoms with Crippen molar-refractivity contribution in [3.8, 4) is 0 Å². The van der Waals surface area contributed by atoms with Gasteiger partial charge >= 0.3 is 0 Å². The highest BCUT2D eigenvalue weighted by atomic mass is 35.5. The van der Waals surface area contributed by atoms with E-state index in [9.17, 15) is 9.59 Å². The number of hydrogen-bond acceptors (Lipinski definition) is 2. The molecule has 0 fully saturated rings. The van der Waals surface area contributed by atoms with Gasteiger partial charge in [0.1, 0.15) is 6.04 Å². The van der Waals surface area contributed by atoms with Crippen LogP contribution in [-0.4, -0.2) is 17.9 Å². The van der Waals surface area contributed by atoms with Gasteiger partial charge in [-0.1, -0.05) is 72.3 Å². The second-order valence-corrected chi connectivity index (χ2v) is 7.30. The van der Waals surface area contributed by atoms with Gasteiger partial charge in [0.2, 0.25) is 5.91 Å². The molecule has 2 atom stereocenters. The number of halogens is 1. The summed E-state index contributed by atoms with van der Waals surface area (Å²) < 4.78 is 0. The molecule has 0 aliphatic rings. The van der Waals surface area contributed by atoms with Crippen molar-refractivity contribution >= 4 is 23.4 Å². The Balaban J connectivity index is 1.75. The highest BCUT2D eigenvalue weighted by Crippen LogP contribution is 2.13. The molecule has 0 spiro atoms. The summed E-state index contributed by atoms with van der Waals surface area (Å²) in [6.45, 7) is 1.92. The smallest absolute Gasteiger partial charge is 0.251 e. The lowest BCUT2D eigenvalue weighted by Crippen LogP contribution is -2.48. The van der Waals surface area contributed by atoms with Crippen LogP contribution in [0.3, 0.4) is 0 Å². The van der Waals surface area contributed by atoms with Crippen molar-refractivity contribution < 1.29 is 9.59 Å². The summed E-state index contributed by atoms with van der Waals surface area (Å²) in [5.74, 6) is -0.544. The third-order valence-corrected chi connectivity index (χ3v) is 4.92. The van der Waals surface area contributed by atoms with Gasteiger partial charge in [0.25, 0.3) is 5.91 Å². The third-order valence-electron chi connectivity index (χ3n) is 4.67. The zero-order chi connectivity index (χ0) is 20.6. The van der Waals surface area contributed by atoms with E-state index in [4.69, 9.17) is 11.6 Å². The maximum atomic E-state index is 13.0. The minimum absolute atomic E-state index is 0.172. The molecule has 3 aromatic carbocycles. The maximum absolute atomic E-state index is 13.0. The molecule has 4 nitrogen and oxygen atoms in total. The first kappa shape index (κ1) is 20.6. The molecule has 0 saturated carbocycles. The van der Waals surface area contributed by atoms with E-state index >= 15 is 0 Å². The molecule has 2 N–H and O–H groups in total. The molecule has 3 aromatic rings. The molecule has 5 heteroatoms. The standard InChI is InChI=1S/C24H23ClN2O2/c1-17(19-10-6-3-7-11-19)26-24(29)22(16-18-8-4-2-5-9-18)27-23(28)20-12-14-21(25)15-13-20/h2-15,17,22H,16H2,1H3,(H,26,29)(H,27,28)/t17?,22-/m0/s1. The number of amides is 2. The molecule has 0 radical (unpaired) electrons. The fraction of sp³-hybridized carbons (Fsp3) is 0.167. The molecular formula is C24H23ClN2O2. The summed E-state index contributed by atoms with van der Waals surface area (Å²) in [6, 6.07) is 25.1. The van der Waals surface area contributed by atoms with E-state index in [1.54, 1.807) is 24.3 Å². The Bertz CT molecular complexity index is 944. The first-order valence-electron chi connectivity index (χ1n) is 9.48. The van der Waals surface area contributed by atoms with Gasteiger partial charge in [0.15, 0.2) is 0 Å². The number of rotatable bonds is 7. The summed E-state index contributed by atoms with van der Waals surface area (Å²) >= 11 is 5.90. The van der Waals surface area contributed by atoms with Crippen LogP contribution < -0.4 is 10.6 Å². The molecule has 0 aliphatic heterocycles. The first-order valence-corrected chi connectivity index (χ1v) is 9.86. The predicted molar refractivity (Wildman–Crippen MR) is 116 cm³/mol. The SMILES string of the molecule is CC(NC(=O)[C@H](Cc1ccccc1)NC(=O)c1ccc(Cl)cc1)c1ccccc1. The second kappa shape index (κ2) is 9.89. The summed E-state index contributed by atoms with van der Waals surface area (Å²) in [6.07, 6.45) is 0.396. The minimum atomic E-state index is -0.702. The lowest BCUT2D eigenvalue weighted by molar-refractivity contribution is -0.123. The summed E-state index contributed by atoms with van der Waals surface area (Å²) in [5.41, 5.74) is 2.43. The Morgan fingerprint density at radius 3 is 2.03 bits per heavy atom. The van der Waals surface area contributed by atoms with Crippen LogP contribution in [0.15, 0.2) is 84.9 Å². The molecule has 0 aromatic heterocycles. The molecular weight excluding hydrogens is 384 g/mol. The Kier molecular flexibility index (Phi) is 7.04. The number of hydrogen-bond donors (Lipinski definition) is 2. The van der Waals surface area contributed by atoms with Crippen LogP contribution in [0.2, 0.25) is 5.02 Å². The van der Waals surface area contributed by atoms with Crippen LogP contribution in [0, 0.1) is 0 Å². The minimum Gasteiger partial charge on any atom is -0.348 e. The molecule has 1 unspecified atom stereocenters. The van der Waals surface area contributed by atoms with Gasteiger partial charge in [-0.25, -0.2) is 0 Å². The van der Waals surface area contributed by atoms with Gasteiger partial charge in [0, 0.05) is 17.0 Å². The molecule has 0 saturated heterocycles. The largest absolute Gasteiger partial charge is 0.348 e. The Labute approximate surface area is 175 Å². The summed E-state index contributed by atoms with van der Waals surface area (Å²) in [4.78, 5) is 25.7. The molecule has 0 aliphatic carbocycles. The van der Waals surface area contributed by atoms with Crippen molar-refractivity contribution in [2.24, 2.45) is 0 Å². The van der Waals surface area contributed by atoms with Gasteiger partial charge in [-0.3, -0.25) is 9.59 Å². The van der Waals surface area contributed by atoms with Crippen LogP contribution in [-0.2, 0) is 11.2 Å². The van der Waals surface area contributed by atoms with E-state index in [0.29, 0.717) is 17.0 Å². The fourth-order valence-corrected chi connectivity index (χ4v) is 3.17.